The van der Waals surface area contributed by atoms with Crippen molar-refractivity contribution in [3.8, 4) is 11.8 Å². The number of hydrogen-bond acceptors (Lipinski definition) is 3. The molecule has 0 unspecified atom stereocenters. The first kappa shape index (κ1) is 15.0. The van der Waals surface area contributed by atoms with Gasteiger partial charge in [-0.3, -0.25) is 4.79 Å². The molecule has 0 aliphatic heterocycles. The maximum Gasteiger partial charge on any atom is 0.255 e. The summed E-state index contributed by atoms with van der Waals surface area (Å²) < 4.78 is 5.51. The summed E-state index contributed by atoms with van der Waals surface area (Å²) in [6.07, 6.45) is 0.921. The molecule has 0 aliphatic carbocycles. The molecule has 1 amide bonds. The third-order valence-electron chi connectivity index (χ3n) is 2.68. The Kier molecular flexibility index (Phi) is 5.87. The highest BCUT2D eigenvalue weighted by Crippen LogP contribution is 2.16. The van der Waals surface area contributed by atoms with Crippen LogP contribution in [0.15, 0.2) is 24.3 Å². The van der Waals surface area contributed by atoms with Gasteiger partial charge in [0.05, 0.1) is 12.7 Å². The first-order valence-electron chi connectivity index (χ1n) is 6.51. The van der Waals surface area contributed by atoms with Crippen LogP contribution >= 0.6 is 0 Å². The zero-order chi connectivity index (χ0) is 14.3. The summed E-state index contributed by atoms with van der Waals surface area (Å²) in [7, 11) is 0. The molecule has 4 nitrogen and oxygen atoms in total. The molecule has 4 heteroatoms. The number of carbonyl (C=O) groups is 1. The summed E-state index contributed by atoms with van der Waals surface area (Å²) in [5.74, 6) is 0.548. The van der Waals surface area contributed by atoms with Crippen molar-refractivity contribution in [2.45, 2.75) is 33.2 Å². The van der Waals surface area contributed by atoms with Crippen molar-refractivity contribution >= 4 is 5.91 Å². The first-order chi connectivity index (χ1) is 9.10. The minimum absolute atomic E-state index is 0.00707. The fraction of sp³-hybridized carbons (Fsp3) is 0.467. The Hall–Kier alpha value is -2.02. The second kappa shape index (κ2) is 7.42. The lowest BCUT2D eigenvalue weighted by Crippen LogP contribution is -2.37. The van der Waals surface area contributed by atoms with E-state index in [1.165, 1.54) is 0 Å². The van der Waals surface area contributed by atoms with Gasteiger partial charge in [-0.1, -0.05) is 13.0 Å². The Morgan fingerprint density at radius 2 is 2.21 bits per heavy atom. The lowest BCUT2D eigenvalue weighted by Gasteiger charge is -2.24. The molecule has 0 bridgehead atoms. The van der Waals surface area contributed by atoms with E-state index in [2.05, 4.69) is 0 Å². The molecule has 0 radical (unpaired) electrons. The number of benzene rings is 1. The smallest absolute Gasteiger partial charge is 0.255 e. The van der Waals surface area contributed by atoms with Gasteiger partial charge in [0, 0.05) is 11.6 Å². The molecule has 0 N–H and O–H groups in total. The van der Waals surface area contributed by atoms with E-state index in [4.69, 9.17) is 10.00 Å². The van der Waals surface area contributed by atoms with Crippen molar-refractivity contribution in [3.63, 3.8) is 0 Å². The van der Waals surface area contributed by atoms with Crippen LogP contribution in [-0.2, 0) is 0 Å². The van der Waals surface area contributed by atoms with Crippen LogP contribution in [0.4, 0.5) is 0 Å². The van der Waals surface area contributed by atoms with Gasteiger partial charge in [-0.15, -0.1) is 0 Å². The number of nitriles is 1. The van der Waals surface area contributed by atoms with Crippen LogP contribution in [0.2, 0.25) is 0 Å². The molecule has 0 heterocycles. The predicted octanol–water partition coefficient (Wildman–Crippen LogP) is 2.85. The molecular formula is C15H20N2O2. The number of amides is 1. The van der Waals surface area contributed by atoms with Crippen LogP contribution in [0.3, 0.4) is 0 Å². The number of ether oxygens (including phenoxy) is 1. The molecule has 102 valence electrons. The zero-order valence-electron chi connectivity index (χ0n) is 11.7. The minimum Gasteiger partial charge on any atom is -0.494 e. The van der Waals surface area contributed by atoms with Crippen molar-refractivity contribution in [2.24, 2.45) is 0 Å². The highest BCUT2D eigenvalue weighted by atomic mass is 16.5. The Morgan fingerprint density at radius 3 is 2.79 bits per heavy atom. The summed E-state index contributed by atoms with van der Waals surface area (Å²) >= 11 is 0. The van der Waals surface area contributed by atoms with Crippen LogP contribution in [0, 0.1) is 11.3 Å². The van der Waals surface area contributed by atoms with Gasteiger partial charge in [0.15, 0.2) is 0 Å². The highest BCUT2D eigenvalue weighted by molar-refractivity contribution is 5.94. The maximum atomic E-state index is 12.3. The van der Waals surface area contributed by atoms with E-state index in [0.717, 1.165) is 6.42 Å². The third kappa shape index (κ3) is 4.29. The first-order valence-corrected chi connectivity index (χ1v) is 6.51. The van der Waals surface area contributed by atoms with Crippen molar-refractivity contribution in [3.05, 3.63) is 29.8 Å². The lowest BCUT2D eigenvalue weighted by molar-refractivity contribution is 0.0731. The molecule has 1 rings (SSSR count). The number of hydrogen-bond donors (Lipinski definition) is 0. The summed E-state index contributed by atoms with van der Waals surface area (Å²) in [4.78, 5) is 13.9. The van der Waals surface area contributed by atoms with Crippen molar-refractivity contribution in [2.75, 3.05) is 13.2 Å². The summed E-state index contributed by atoms with van der Waals surface area (Å²) in [6, 6.07) is 9.11. The second-order valence-corrected chi connectivity index (χ2v) is 4.56. The van der Waals surface area contributed by atoms with Crippen LogP contribution in [-0.4, -0.2) is 30.0 Å². The van der Waals surface area contributed by atoms with Gasteiger partial charge in [-0.05, 0) is 38.5 Å². The molecule has 0 atom stereocenters. The van der Waals surface area contributed by atoms with Gasteiger partial charge in [-0.2, -0.15) is 5.26 Å². The molecule has 1 aromatic rings. The summed E-state index contributed by atoms with van der Waals surface area (Å²) in [6.45, 7) is 6.54. The SMILES string of the molecule is CCCOc1cccc(C(=O)N(CC#N)C(C)C)c1. The molecule has 0 fully saturated rings. The zero-order valence-corrected chi connectivity index (χ0v) is 11.7. The second-order valence-electron chi connectivity index (χ2n) is 4.56. The van der Waals surface area contributed by atoms with Gasteiger partial charge >= 0.3 is 0 Å². The van der Waals surface area contributed by atoms with E-state index in [-0.39, 0.29) is 18.5 Å². The summed E-state index contributed by atoms with van der Waals surface area (Å²) in [5.41, 5.74) is 0.553. The fourth-order valence-electron chi connectivity index (χ4n) is 1.67. The van der Waals surface area contributed by atoms with Crippen LogP contribution < -0.4 is 4.74 Å². The van der Waals surface area contributed by atoms with Crippen LogP contribution in [0.25, 0.3) is 0 Å². The predicted molar refractivity (Wildman–Crippen MR) is 74.0 cm³/mol. The van der Waals surface area contributed by atoms with Crippen LogP contribution in [0.5, 0.6) is 5.75 Å². The fourth-order valence-corrected chi connectivity index (χ4v) is 1.67. The quantitative estimate of drug-likeness (QED) is 0.739. The standard InChI is InChI=1S/C15H20N2O2/c1-4-10-19-14-7-5-6-13(11-14)15(18)17(9-8-16)12(2)3/h5-7,11-12H,4,9-10H2,1-3H3. The minimum atomic E-state index is -0.140. The van der Waals surface area contributed by atoms with Crippen molar-refractivity contribution < 1.29 is 9.53 Å². The number of carbonyl (C=O) groups excluding carboxylic acids is 1. The lowest BCUT2D eigenvalue weighted by atomic mass is 10.1. The third-order valence-corrected chi connectivity index (χ3v) is 2.68. The molecule has 1 aromatic carbocycles. The maximum absolute atomic E-state index is 12.3. The average molecular weight is 260 g/mol. The van der Waals surface area contributed by atoms with Crippen LogP contribution in [0.1, 0.15) is 37.6 Å². The topological polar surface area (TPSA) is 53.3 Å². The van der Waals surface area contributed by atoms with Gasteiger partial charge < -0.3 is 9.64 Å². The molecular weight excluding hydrogens is 240 g/mol. The molecule has 0 spiro atoms. The Balaban J connectivity index is 2.89. The molecule has 0 aliphatic rings. The van der Waals surface area contributed by atoms with E-state index in [9.17, 15) is 4.79 Å². The number of rotatable bonds is 6. The Morgan fingerprint density at radius 1 is 1.47 bits per heavy atom. The van der Waals surface area contributed by atoms with Gasteiger partial charge in [0.1, 0.15) is 12.3 Å². The van der Waals surface area contributed by atoms with E-state index >= 15 is 0 Å². The largest absolute Gasteiger partial charge is 0.494 e. The molecule has 0 saturated carbocycles. The van der Waals surface area contributed by atoms with E-state index in [0.29, 0.717) is 17.9 Å². The van der Waals surface area contributed by atoms with Gasteiger partial charge in [0.25, 0.3) is 5.91 Å². The average Bonchev–Trinajstić information content (AvgIpc) is 2.41. The Labute approximate surface area is 114 Å². The van der Waals surface area contributed by atoms with Crippen molar-refractivity contribution in [1.82, 2.24) is 4.90 Å². The van der Waals surface area contributed by atoms with Crippen molar-refractivity contribution in [1.29, 1.82) is 5.26 Å². The Bertz CT molecular complexity index is 463. The van der Waals surface area contributed by atoms with E-state index < -0.39 is 0 Å². The van der Waals surface area contributed by atoms with E-state index in [1.807, 2.05) is 32.9 Å². The van der Waals surface area contributed by atoms with Gasteiger partial charge in [-0.25, -0.2) is 0 Å². The van der Waals surface area contributed by atoms with E-state index in [1.54, 1.807) is 23.1 Å². The highest BCUT2D eigenvalue weighted by Gasteiger charge is 2.18. The normalized spacial score (nSPS) is 10.1. The monoisotopic (exact) mass is 260 g/mol. The molecule has 0 saturated heterocycles. The molecule has 0 aromatic heterocycles. The molecule has 19 heavy (non-hydrogen) atoms. The summed E-state index contributed by atoms with van der Waals surface area (Å²) in [5, 5.41) is 8.78. The van der Waals surface area contributed by atoms with Gasteiger partial charge in [0.2, 0.25) is 0 Å². The number of nitrogens with zero attached hydrogens (tertiary/aromatic N) is 2.